The first-order valence-corrected chi connectivity index (χ1v) is 8.18. The summed E-state index contributed by atoms with van der Waals surface area (Å²) < 4.78 is 10.6. The van der Waals surface area contributed by atoms with E-state index in [1.807, 2.05) is 31.2 Å². The molecule has 128 valence electrons. The molecule has 0 aromatic heterocycles. The van der Waals surface area contributed by atoms with Gasteiger partial charge in [0, 0.05) is 31.4 Å². The Balaban J connectivity index is 1.49. The Kier molecular flexibility index (Phi) is 3.80. The van der Waals surface area contributed by atoms with Crippen LogP contribution in [0.5, 0.6) is 11.5 Å². The van der Waals surface area contributed by atoms with Gasteiger partial charge in [-0.25, -0.2) is 0 Å². The quantitative estimate of drug-likeness (QED) is 0.804. The second kappa shape index (κ2) is 6.12. The molecular formula is C19H18N2O4. The molecule has 1 saturated heterocycles. The van der Waals surface area contributed by atoms with Gasteiger partial charge >= 0.3 is 11.8 Å². The van der Waals surface area contributed by atoms with Gasteiger partial charge in [-0.1, -0.05) is 29.8 Å². The minimum Gasteiger partial charge on any atom is -0.454 e. The lowest BCUT2D eigenvalue weighted by Crippen LogP contribution is -2.54. The number of ether oxygens (including phenoxy) is 2. The van der Waals surface area contributed by atoms with Gasteiger partial charge in [-0.2, -0.15) is 0 Å². The van der Waals surface area contributed by atoms with E-state index in [9.17, 15) is 9.59 Å². The van der Waals surface area contributed by atoms with Crippen LogP contribution >= 0.6 is 0 Å². The first kappa shape index (κ1) is 15.5. The van der Waals surface area contributed by atoms with E-state index in [1.165, 1.54) is 10.5 Å². The molecule has 2 aromatic rings. The van der Waals surface area contributed by atoms with Crippen LogP contribution in [0, 0.1) is 6.92 Å². The number of rotatable bonds is 3. The van der Waals surface area contributed by atoms with Gasteiger partial charge in [-0.05, 0) is 24.6 Å². The number of aryl methyl sites for hydroxylation is 1. The molecule has 4 rings (SSSR count). The van der Waals surface area contributed by atoms with Crippen LogP contribution in [0.1, 0.15) is 11.1 Å². The van der Waals surface area contributed by atoms with Crippen molar-refractivity contribution in [3.8, 4) is 11.5 Å². The standard InChI is InChI=1S/C19H18N2O4/c1-13-2-4-14(5-3-13)11-20-8-9-21(19(23)18(20)22)15-6-7-16-17(10-15)25-12-24-16/h2-7,10H,8-9,11-12H2,1H3. The Morgan fingerprint density at radius 3 is 2.48 bits per heavy atom. The maximum atomic E-state index is 12.5. The number of fused-ring (bicyclic) bond motifs is 1. The number of benzene rings is 2. The van der Waals surface area contributed by atoms with Crippen LogP contribution in [0.4, 0.5) is 5.69 Å². The fraction of sp³-hybridized carbons (Fsp3) is 0.263. The predicted molar refractivity (Wildman–Crippen MR) is 91.5 cm³/mol. The average Bonchev–Trinajstić information content (AvgIpc) is 3.09. The molecule has 2 aromatic carbocycles. The SMILES string of the molecule is Cc1ccc(CN2CCN(c3ccc4c(c3)OCO4)C(=O)C2=O)cc1. The lowest BCUT2D eigenvalue weighted by Gasteiger charge is -2.33. The number of nitrogens with zero attached hydrogens (tertiary/aromatic N) is 2. The average molecular weight is 338 g/mol. The minimum atomic E-state index is -0.516. The van der Waals surface area contributed by atoms with Crippen LogP contribution < -0.4 is 14.4 Å². The summed E-state index contributed by atoms with van der Waals surface area (Å²) in [5.74, 6) is 0.252. The van der Waals surface area contributed by atoms with Crippen molar-refractivity contribution in [1.29, 1.82) is 0 Å². The fourth-order valence-electron chi connectivity index (χ4n) is 3.04. The molecular weight excluding hydrogens is 320 g/mol. The highest BCUT2D eigenvalue weighted by Crippen LogP contribution is 2.36. The van der Waals surface area contributed by atoms with E-state index in [-0.39, 0.29) is 6.79 Å². The molecule has 2 aliphatic heterocycles. The van der Waals surface area contributed by atoms with Crippen molar-refractivity contribution in [1.82, 2.24) is 4.90 Å². The Morgan fingerprint density at radius 1 is 0.920 bits per heavy atom. The number of carbonyl (C=O) groups is 2. The lowest BCUT2D eigenvalue weighted by atomic mass is 10.1. The van der Waals surface area contributed by atoms with Crippen molar-refractivity contribution >= 4 is 17.5 Å². The molecule has 1 fully saturated rings. The van der Waals surface area contributed by atoms with E-state index in [1.54, 1.807) is 23.1 Å². The number of piperazine rings is 1. The molecule has 2 heterocycles. The molecule has 0 saturated carbocycles. The summed E-state index contributed by atoms with van der Waals surface area (Å²) in [6.07, 6.45) is 0. The van der Waals surface area contributed by atoms with Gasteiger partial charge in [0.1, 0.15) is 0 Å². The highest BCUT2D eigenvalue weighted by Gasteiger charge is 2.33. The van der Waals surface area contributed by atoms with Crippen LogP contribution in [-0.4, -0.2) is 36.6 Å². The Morgan fingerprint density at radius 2 is 1.68 bits per heavy atom. The molecule has 0 spiro atoms. The third-order valence-electron chi connectivity index (χ3n) is 4.47. The van der Waals surface area contributed by atoms with E-state index >= 15 is 0 Å². The van der Waals surface area contributed by atoms with Gasteiger partial charge in [0.05, 0.1) is 0 Å². The third kappa shape index (κ3) is 2.91. The smallest absolute Gasteiger partial charge is 0.316 e. The van der Waals surface area contributed by atoms with E-state index in [0.29, 0.717) is 36.8 Å². The lowest BCUT2D eigenvalue weighted by molar-refractivity contribution is -0.146. The zero-order valence-corrected chi connectivity index (χ0v) is 13.9. The maximum Gasteiger partial charge on any atom is 0.316 e. The second-order valence-electron chi connectivity index (χ2n) is 6.21. The van der Waals surface area contributed by atoms with Crippen LogP contribution in [-0.2, 0) is 16.1 Å². The second-order valence-corrected chi connectivity index (χ2v) is 6.21. The molecule has 6 heteroatoms. The molecule has 0 atom stereocenters. The van der Waals surface area contributed by atoms with Gasteiger partial charge in [0.2, 0.25) is 6.79 Å². The van der Waals surface area contributed by atoms with Gasteiger partial charge < -0.3 is 19.3 Å². The molecule has 0 bridgehead atoms. The van der Waals surface area contributed by atoms with E-state index < -0.39 is 11.8 Å². The summed E-state index contributed by atoms with van der Waals surface area (Å²) in [6, 6.07) is 13.2. The van der Waals surface area contributed by atoms with Crippen molar-refractivity contribution in [3.05, 3.63) is 53.6 Å². The Bertz CT molecular complexity index is 832. The maximum absolute atomic E-state index is 12.5. The zero-order chi connectivity index (χ0) is 17.4. The van der Waals surface area contributed by atoms with E-state index in [4.69, 9.17) is 9.47 Å². The molecule has 2 aliphatic rings. The highest BCUT2D eigenvalue weighted by atomic mass is 16.7. The monoisotopic (exact) mass is 338 g/mol. The molecule has 2 amide bonds. The first-order valence-electron chi connectivity index (χ1n) is 8.18. The highest BCUT2D eigenvalue weighted by molar-refractivity contribution is 6.41. The van der Waals surface area contributed by atoms with Crippen molar-refractivity contribution in [3.63, 3.8) is 0 Å². The summed E-state index contributed by atoms with van der Waals surface area (Å²) in [7, 11) is 0. The molecule has 6 nitrogen and oxygen atoms in total. The van der Waals surface area contributed by atoms with Crippen LogP contribution in [0.2, 0.25) is 0 Å². The van der Waals surface area contributed by atoms with Gasteiger partial charge in [0.15, 0.2) is 11.5 Å². The summed E-state index contributed by atoms with van der Waals surface area (Å²) in [4.78, 5) is 28.1. The van der Waals surface area contributed by atoms with Crippen LogP contribution in [0.15, 0.2) is 42.5 Å². The molecule has 0 N–H and O–H groups in total. The van der Waals surface area contributed by atoms with E-state index in [2.05, 4.69) is 0 Å². The zero-order valence-electron chi connectivity index (χ0n) is 13.9. The Hall–Kier alpha value is -3.02. The summed E-state index contributed by atoms with van der Waals surface area (Å²) in [5.41, 5.74) is 2.83. The number of anilines is 1. The first-order chi connectivity index (χ1) is 12.1. The third-order valence-corrected chi connectivity index (χ3v) is 4.47. The number of amides is 2. The largest absolute Gasteiger partial charge is 0.454 e. The topological polar surface area (TPSA) is 59.1 Å². The minimum absolute atomic E-state index is 0.177. The van der Waals surface area contributed by atoms with Gasteiger partial charge in [-0.3, -0.25) is 9.59 Å². The summed E-state index contributed by atoms with van der Waals surface area (Å²) in [6.45, 7) is 3.58. The normalized spacial score (nSPS) is 16.5. The van der Waals surface area contributed by atoms with Crippen LogP contribution in [0.25, 0.3) is 0 Å². The van der Waals surface area contributed by atoms with Crippen LogP contribution in [0.3, 0.4) is 0 Å². The predicted octanol–water partition coefficient (Wildman–Crippen LogP) is 2.10. The molecule has 0 unspecified atom stereocenters. The number of carbonyl (C=O) groups excluding carboxylic acids is 2. The van der Waals surface area contributed by atoms with E-state index in [0.717, 1.165) is 5.56 Å². The summed E-state index contributed by atoms with van der Waals surface area (Å²) >= 11 is 0. The van der Waals surface area contributed by atoms with Crippen molar-refractivity contribution in [2.45, 2.75) is 13.5 Å². The fourth-order valence-corrected chi connectivity index (χ4v) is 3.04. The number of hydrogen-bond donors (Lipinski definition) is 0. The summed E-state index contributed by atoms with van der Waals surface area (Å²) in [5, 5.41) is 0. The van der Waals surface area contributed by atoms with Gasteiger partial charge in [0.25, 0.3) is 0 Å². The van der Waals surface area contributed by atoms with Crippen molar-refractivity contribution < 1.29 is 19.1 Å². The Labute approximate surface area is 145 Å². The number of hydrogen-bond acceptors (Lipinski definition) is 4. The molecule has 0 radical (unpaired) electrons. The molecule has 0 aliphatic carbocycles. The van der Waals surface area contributed by atoms with Crippen molar-refractivity contribution in [2.75, 3.05) is 24.8 Å². The van der Waals surface area contributed by atoms with Crippen molar-refractivity contribution in [2.24, 2.45) is 0 Å². The van der Waals surface area contributed by atoms with Gasteiger partial charge in [-0.15, -0.1) is 0 Å². The molecule has 25 heavy (non-hydrogen) atoms.